The van der Waals surface area contributed by atoms with Crippen LogP contribution in [-0.4, -0.2) is 148 Å². The average Bonchev–Trinajstić information content (AvgIpc) is 1.42. The van der Waals surface area contributed by atoms with Gasteiger partial charge in [-0.2, -0.15) is 0 Å². The van der Waals surface area contributed by atoms with Crippen molar-refractivity contribution in [2.75, 3.05) is 54.6 Å². The highest BCUT2D eigenvalue weighted by Gasteiger charge is 2.73. The number of piperidine rings is 1. The van der Waals surface area contributed by atoms with Crippen LogP contribution in [0.25, 0.3) is 0 Å². The highest BCUT2D eigenvalue weighted by molar-refractivity contribution is 6.41. The van der Waals surface area contributed by atoms with E-state index >= 15 is 0 Å². The first-order valence-electron chi connectivity index (χ1n) is 40.2. The molecule has 0 aromatic heterocycles. The molecule has 2 heterocycles. The SMILES string of the molecule is CC(C)(C)OC(=O)N(c1ccccc1CC(=O)OCC(=O)O)c1c(Cl)cccc1Cl.CC(C)(C)OC(=O)N(c1ccccc1CC(=O)OCC(=O)OCc1ccccc1)c1c(Cl)cccc1Cl.O=C(CO)OCc1ccccc1.O=C(Cc1ccccc1Nc1c(Cl)cccc1Cl)OCC(=O)Oc1ccc2c3c1OC1C(=O)CC[C@@]4(O)[C@@H](C2)N(CC2CC2)CC[C@]314. The van der Waals surface area contributed by atoms with Crippen LogP contribution in [0.2, 0.25) is 30.1 Å². The highest BCUT2D eigenvalue weighted by Crippen LogP contribution is 2.65. The third-order valence-electron chi connectivity index (χ3n) is 20.6. The predicted molar refractivity (Wildman–Crippen MR) is 474 cm³/mol. The maximum absolute atomic E-state index is 13.3. The minimum absolute atomic E-state index is 0.0362. The molecule has 14 rings (SSSR count). The lowest BCUT2D eigenvalue weighted by Gasteiger charge is -2.62. The second kappa shape index (κ2) is 42.8. The minimum atomic E-state index is -1.27. The molecule has 2 saturated carbocycles. The Labute approximate surface area is 757 Å². The summed E-state index contributed by atoms with van der Waals surface area (Å²) in [6, 6.07) is 57.2. The summed E-state index contributed by atoms with van der Waals surface area (Å²) in [6.07, 6.45) is 1.40. The van der Waals surface area contributed by atoms with E-state index in [4.69, 9.17) is 118 Å². The summed E-state index contributed by atoms with van der Waals surface area (Å²) in [5, 5.41) is 34.4. The van der Waals surface area contributed by atoms with Crippen molar-refractivity contribution in [2.24, 2.45) is 5.92 Å². The number of nitrogens with zero attached hydrogens (tertiary/aromatic N) is 3. The second-order valence-electron chi connectivity index (χ2n) is 31.9. The monoisotopic (exact) mass is 1840 g/mol. The molecule has 3 fully saturated rings. The fourth-order valence-electron chi connectivity index (χ4n) is 15.0. The van der Waals surface area contributed by atoms with Crippen molar-refractivity contribution in [3.63, 3.8) is 0 Å². The number of benzene rings is 9. The molecule has 662 valence electrons. The fourth-order valence-corrected chi connectivity index (χ4v) is 16.7. The number of ketones is 1. The van der Waals surface area contributed by atoms with Crippen LogP contribution in [0.15, 0.2) is 200 Å². The number of amides is 2. The number of nitrogens with one attached hydrogen (secondary N) is 1. The molecule has 2 aliphatic heterocycles. The summed E-state index contributed by atoms with van der Waals surface area (Å²) in [7, 11) is 0. The van der Waals surface area contributed by atoms with Crippen molar-refractivity contribution in [3.8, 4) is 11.5 Å². The number of aliphatic carboxylic acids is 1. The molecule has 0 radical (unpaired) electrons. The van der Waals surface area contributed by atoms with Gasteiger partial charge in [0.05, 0.1) is 88.9 Å². The van der Waals surface area contributed by atoms with Crippen LogP contribution in [-0.2, 0) is 116 Å². The number of anilines is 6. The number of hydrogen-bond acceptors (Lipinski definition) is 23. The first-order valence-corrected chi connectivity index (χ1v) is 42.4. The Bertz CT molecular complexity index is 5430. The van der Waals surface area contributed by atoms with Crippen LogP contribution >= 0.6 is 69.6 Å². The number of carbonyl (C=O) groups excluding carboxylic acids is 9. The largest absolute Gasteiger partial charge is 0.479 e. The molecule has 1 saturated heterocycles. The number of hydrogen-bond donors (Lipinski definition) is 4. The number of para-hydroxylation sites is 6. The summed E-state index contributed by atoms with van der Waals surface area (Å²) < 4.78 is 48.2. The van der Waals surface area contributed by atoms with E-state index < -0.39 is 109 Å². The van der Waals surface area contributed by atoms with Gasteiger partial charge in [-0.25, -0.2) is 38.6 Å². The van der Waals surface area contributed by atoms with Crippen molar-refractivity contribution in [1.82, 2.24) is 4.90 Å². The standard InChI is InChI=1S/C36H34Cl2N2O7.C28H27Cl2NO6.C21H21Cl2NO6.C9H10O3/c37-23-5-3-6-24(38)32(23)39-25-7-2-1-4-21(25)17-29(42)45-19-30(43)46-27-11-10-22-16-28-36(44)13-12-26(41)34-35(36,31(22)33(27)47-34)14-15-40(28)18-20-8-9-20;1-28(2,3)37-27(34)31(26-21(29)13-9-14-22(26)30)23-15-8-7-12-20(23)16-24(32)36-18-25(33)35-17-19-10-5-4-6-11-19;1-21(2,3)30-20(28)24(19-14(22)8-6-9-15(19)23)16-10-5-4-7-13(16)11-18(27)29-12-17(25)26;10-6-9(11)12-7-8-4-2-1-3-5-8/h1-7,10-11,20,28,34,39,44H,8-9,12-19H2;4-15H,16-18H2,1-3H3;4-10H,11-12H2,1-3H3,(H,25,26);1-5,10H,6-7H2/t28-,34?,35+,36-;;;/m1.../s1. The topological polar surface area (TPSA) is 336 Å². The molecule has 5 aliphatic rings. The molecule has 9 aromatic carbocycles. The summed E-state index contributed by atoms with van der Waals surface area (Å²) in [5.74, 6) is -4.25. The van der Waals surface area contributed by atoms with E-state index in [0.29, 0.717) is 80.4 Å². The van der Waals surface area contributed by atoms with Gasteiger partial charge in [-0.3, -0.25) is 24.1 Å². The summed E-state index contributed by atoms with van der Waals surface area (Å²) in [4.78, 5) is 128. The van der Waals surface area contributed by atoms with Crippen molar-refractivity contribution in [3.05, 3.63) is 269 Å². The maximum atomic E-state index is 13.3. The van der Waals surface area contributed by atoms with Crippen molar-refractivity contribution in [2.45, 2.75) is 147 Å². The van der Waals surface area contributed by atoms with Crippen LogP contribution in [0.3, 0.4) is 0 Å². The molecule has 2 amide bonds. The molecular formula is C94H92Cl6N4O22. The Kier molecular flexibility index (Phi) is 32.4. The average molecular weight is 1840 g/mol. The van der Waals surface area contributed by atoms with E-state index in [2.05, 4.69) is 15.0 Å². The zero-order chi connectivity index (χ0) is 90.8. The molecule has 9 aromatic rings. The molecule has 2 bridgehead atoms. The van der Waals surface area contributed by atoms with Gasteiger partial charge in [0.15, 0.2) is 43.2 Å². The highest BCUT2D eigenvalue weighted by atomic mass is 35.5. The lowest BCUT2D eigenvalue weighted by Crippen LogP contribution is -2.76. The van der Waals surface area contributed by atoms with Gasteiger partial charge in [0.1, 0.15) is 31.0 Å². The van der Waals surface area contributed by atoms with Crippen LogP contribution in [0.1, 0.15) is 113 Å². The van der Waals surface area contributed by atoms with Crippen molar-refractivity contribution < 1.29 is 106 Å². The zero-order valence-electron chi connectivity index (χ0n) is 69.5. The molecule has 32 heteroatoms. The lowest BCUT2D eigenvalue weighted by molar-refractivity contribution is -0.188. The Hall–Kier alpha value is -11.3. The third kappa shape index (κ3) is 24.5. The van der Waals surface area contributed by atoms with Gasteiger partial charge in [-0.1, -0.05) is 209 Å². The Morgan fingerprint density at radius 2 is 0.952 bits per heavy atom. The zero-order valence-corrected chi connectivity index (χ0v) is 74.0. The van der Waals surface area contributed by atoms with Crippen molar-refractivity contribution in [1.29, 1.82) is 0 Å². The van der Waals surface area contributed by atoms with Gasteiger partial charge in [0, 0.05) is 30.3 Å². The number of carboxylic acids is 1. The molecule has 1 unspecified atom stereocenters. The first-order chi connectivity index (χ1) is 60.0. The summed E-state index contributed by atoms with van der Waals surface area (Å²) in [5.41, 5.74) is 3.57. The van der Waals surface area contributed by atoms with E-state index in [1.165, 1.54) is 22.6 Å². The van der Waals surface area contributed by atoms with Crippen LogP contribution in [0.5, 0.6) is 11.5 Å². The summed E-state index contributed by atoms with van der Waals surface area (Å²) >= 11 is 38.2. The van der Waals surface area contributed by atoms with Crippen LogP contribution < -0.4 is 24.6 Å². The Balaban J connectivity index is 0.000000176. The number of likely N-dealkylation sites (tertiary alicyclic amines) is 1. The van der Waals surface area contributed by atoms with E-state index in [-0.39, 0.29) is 87.9 Å². The predicted octanol–water partition coefficient (Wildman–Crippen LogP) is 18.4. The van der Waals surface area contributed by atoms with Gasteiger partial charge in [-0.15, -0.1) is 0 Å². The second-order valence-corrected chi connectivity index (χ2v) is 34.4. The van der Waals surface area contributed by atoms with E-state index in [0.717, 1.165) is 35.3 Å². The Morgan fingerprint density at radius 1 is 0.508 bits per heavy atom. The van der Waals surface area contributed by atoms with E-state index in [1.807, 2.05) is 72.8 Å². The summed E-state index contributed by atoms with van der Waals surface area (Å²) in [6.45, 7) is 9.91. The number of halogens is 6. The number of carbonyl (C=O) groups is 10. The van der Waals surface area contributed by atoms with Crippen molar-refractivity contribution >= 4 is 163 Å². The molecule has 4 atom stereocenters. The molecule has 26 nitrogen and oxygen atoms in total. The molecule has 1 spiro atoms. The van der Waals surface area contributed by atoms with Gasteiger partial charge in [0.2, 0.25) is 0 Å². The third-order valence-corrected chi connectivity index (χ3v) is 22.5. The number of aliphatic hydroxyl groups is 2. The van der Waals surface area contributed by atoms with Gasteiger partial charge < -0.3 is 63.3 Å². The number of Topliss-reactive ketones (excluding diaryl/α,β-unsaturated/α-hetero) is 1. The molecule has 4 N–H and O–H groups in total. The number of carboxylic acid groups (broad SMARTS) is 1. The number of aliphatic hydroxyl groups excluding tert-OH is 1. The van der Waals surface area contributed by atoms with Gasteiger partial charge >= 0.3 is 54.0 Å². The van der Waals surface area contributed by atoms with Gasteiger partial charge in [-0.05, 0) is 180 Å². The number of rotatable bonds is 26. The van der Waals surface area contributed by atoms with Crippen LogP contribution in [0, 0.1) is 5.92 Å². The number of ether oxygens (including phenoxy) is 9. The molecule has 3 aliphatic carbocycles. The number of esters is 6. The van der Waals surface area contributed by atoms with E-state index in [9.17, 15) is 53.1 Å². The molecule has 126 heavy (non-hydrogen) atoms. The smallest absolute Gasteiger partial charge is 0.419 e. The minimum Gasteiger partial charge on any atom is -0.479 e. The lowest BCUT2D eigenvalue weighted by atomic mass is 9.49. The quantitative estimate of drug-likeness (QED) is 0.0222. The Morgan fingerprint density at radius 3 is 1.44 bits per heavy atom. The first kappa shape index (κ1) is 95.4. The normalized spacial score (nSPS) is 16.8. The maximum Gasteiger partial charge on any atom is 0.419 e. The van der Waals surface area contributed by atoms with Crippen LogP contribution in [0.4, 0.5) is 43.7 Å². The van der Waals surface area contributed by atoms with E-state index in [1.54, 1.807) is 169 Å². The fraction of sp³-hybridized carbons (Fsp3) is 0.319. The van der Waals surface area contributed by atoms with Gasteiger partial charge in [0.25, 0.3) is 0 Å². The molecular weight excluding hydrogens is 1750 g/mol.